The maximum atomic E-state index is 10.5. The van der Waals surface area contributed by atoms with Crippen LogP contribution in [0.1, 0.15) is 12.0 Å². The Morgan fingerprint density at radius 3 is 3.22 bits per heavy atom. The molecule has 0 bridgehead atoms. The number of carbonyl (C=O) groups is 1. The zero-order valence-electron chi connectivity index (χ0n) is 4.79. The van der Waals surface area contributed by atoms with Gasteiger partial charge in [-0.2, -0.15) is 5.10 Å². The van der Waals surface area contributed by atoms with Gasteiger partial charge in [0.15, 0.2) is 0 Å². The maximum absolute atomic E-state index is 10.5. The van der Waals surface area contributed by atoms with E-state index in [9.17, 15) is 4.79 Å². The largest absolute Gasteiger partial charge is 0.463 e. The van der Waals surface area contributed by atoms with Crippen LogP contribution in [-0.4, -0.2) is 28.3 Å². The molecule has 0 amide bonds. The third kappa shape index (κ3) is 1.04. The molecule has 50 valence electrons. The molecular formula is C4H7N3O2. The molecule has 1 rings (SSSR count). The molecule has 0 saturated carbocycles. The standard InChI is InChI=1S/C4H5N3O2.H2/c1-9-4(8)3-5-2-6-7-3;/h2H,1H3,(H,5,6,7);1H. The molecule has 1 heterocycles. The second-order valence-electron chi connectivity index (χ2n) is 1.33. The third-order valence-electron chi connectivity index (χ3n) is 0.794. The molecule has 0 radical (unpaired) electrons. The number of H-pyrrole nitrogens is 1. The monoisotopic (exact) mass is 129 g/mol. The van der Waals surface area contributed by atoms with Crippen molar-refractivity contribution in [3.63, 3.8) is 0 Å². The lowest BCUT2D eigenvalue weighted by atomic mass is 10.6. The quantitative estimate of drug-likeness (QED) is 0.535. The Kier molecular flexibility index (Phi) is 1.44. The molecule has 0 fully saturated rings. The Morgan fingerprint density at radius 2 is 2.78 bits per heavy atom. The average molecular weight is 129 g/mol. The fraction of sp³-hybridized carbons (Fsp3) is 0.250. The maximum Gasteiger partial charge on any atom is 0.375 e. The zero-order valence-corrected chi connectivity index (χ0v) is 4.79. The van der Waals surface area contributed by atoms with Crippen molar-refractivity contribution in [1.82, 2.24) is 15.2 Å². The van der Waals surface area contributed by atoms with Crippen molar-refractivity contribution < 1.29 is 11.0 Å². The summed E-state index contributed by atoms with van der Waals surface area (Å²) < 4.78 is 4.32. The van der Waals surface area contributed by atoms with Gasteiger partial charge in [-0.25, -0.2) is 9.78 Å². The van der Waals surface area contributed by atoms with Crippen LogP contribution < -0.4 is 0 Å². The number of carbonyl (C=O) groups excluding carboxylic acids is 1. The first-order valence-corrected chi connectivity index (χ1v) is 2.28. The SMILES string of the molecule is COC(=O)c1ncn[nH]1.[HH]. The fourth-order valence-electron chi connectivity index (χ4n) is 0.401. The highest BCUT2D eigenvalue weighted by Crippen LogP contribution is 1.86. The summed E-state index contributed by atoms with van der Waals surface area (Å²) in [6.45, 7) is 0. The van der Waals surface area contributed by atoms with E-state index < -0.39 is 5.97 Å². The van der Waals surface area contributed by atoms with Crippen LogP contribution in [0.4, 0.5) is 0 Å². The molecule has 0 aromatic carbocycles. The second-order valence-corrected chi connectivity index (χ2v) is 1.33. The van der Waals surface area contributed by atoms with E-state index >= 15 is 0 Å². The van der Waals surface area contributed by atoms with Gasteiger partial charge in [0.2, 0.25) is 5.82 Å². The minimum atomic E-state index is -0.507. The van der Waals surface area contributed by atoms with Crippen LogP contribution in [0.25, 0.3) is 0 Å². The predicted molar refractivity (Wildman–Crippen MR) is 29.8 cm³/mol. The Bertz CT molecular complexity index is 198. The van der Waals surface area contributed by atoms with E-state index in [1.807, 2.05) is 0 Å². The lowest BCUT2D eigenvalue weighted by Crippen LogP contribution is -2.02. The van der Waals surface area contributed by atoms with Gasteiger partial charge < -0.3 is 4.74 Å². The highest BCUT2D eigenvalue weighted by atomic mass is 16.5. The van der Waals surface area contributed by atoms with Crippen LogP contribution in [0.5, 0.6) is 0 Å². The van der Waals surface area contributed by atoms with Gasteiger partial charge in [-0.1, -0.05) is 0 Å². The highest BCUT2D eigenvalue weighted by molar-refractivity contribution is 5.84. The van der Waals surface area contributed by atoms with Crippen molar-refractivity contribution in [3.8, 4) is 0 Å². The zero-order chi connectivity index (χ0) is 6.69. The molecule has 1 aromatic rings. The number of hydrogen-bond donors (Lipinski definition) is 1. The number of hydrogen-bond acceptors (Lipinski definition) is 4. The van der Waals surface area contributed by atoms with Crippen molar-refractivity contribution in [2.45, 2.75) is 0 Å². The smallest absolute Gasteiger partial charge is 0.375 e. The summed E-state index contributed by atoms with van der Waals surface area (Å²) in [5.41, 5.74) is 0. The molecule has 1 N–H and O–H groups in total. The Labute approximate surface area is 52.5 Å². The summed E-state index contributed by atoms with van der Waals surface area (Å²) in [6, 6.07) is 0. The molecule has 5 nitrogen and oxygen atoms in total. The molecule has 0 aliphatic heterocycles. The number of rotatable bonds is 1. The summed E-state index contributed by atoms with van der Waals surface area (Å²) in [5.74, 6) is -0.384. The van der Waals surface area contributed by atoms with Gasteiger partial charge in [0.05, 0.1) is 7.11 Å². The van der Waals surface area contributed by atoms with Gasteiger partial charge in [0.1, 0.15) is 6.33 Å². The number of nitrogens with zero attached hydrogens (tertiary/aromatic N) is 2. The van der Waals surface area contributed by atoms with Crippen LogP contribution in [0.15, 0.2) is 6.33 Å². The lowest BCUT2D eigenvalue weighted by Gasteiger charge is -1.88. The van der Waals surface area contributed by atoms with E-state index in [4.69, 9.17) is 0 Å². The van der Waals surface area contributed by atoms with Crippen molar-refractivity contribution in [2.24, 2.45) is 0 Å². The molecule has 0 atom stereocenters. The Morgan fingerprint density at radius 1 is 2.00 bits per heavy atom. The first-order valence-electron chi connectivity index (χ1n) is 2.28. The number of aromatic nitrogens is 3. The highest BCUT2D eigenvalue weighted by Gasteiger charge is 2.05. The lowest BCUT2D eigenvalue weighted by molar-refractivity contribution is 0.0587. The minimum Gasteiger partial charge on any atom is -0.463 e. The van der Waals surface area contributed by atoms with E-state index in [1.54, 1.807) is 0 Å². The number of nitrogens with one attached hydrogen (secondary N) is 1. The van der Waals surface area contributed by atoms with Gasteiger partial charge in [-0.3, -0.25) is 5.10 Å². The summed E-state index contributed by atoms with van der Waals surface area (Å²) in [6.07, 6.45) is 1.24. The van der Waals surface area contributed by atoms with Crippen LogP contribution in [0.3, 0.4) is 0 Å². The van der Waals surface area contributed by atoms with Crippen molar-refractivity contribution in [2.75, 3.05) is 7.11 Å². The van der Waals surface area contributed by atoms with Gasteiger partial charge in [-0.15, -0.1) is 0 Å². The molecular weight excluding hydrogens is 122 g/mol. The number of esters is 1. The van der Waals surface area contributed by atoms with Gasteiger partial charge >= 0.3 is 5.97 Å². The molecule has 0 aliphatic rings. The van der Waals surface area contributed by atoms with Gasteiger partial charge in [0, 0.05) is 1.43 Å². The second kappa shape index (κ2) is 2.25. The van der Waals surface area contributed by atoms with Crippen LogP contribution in [0, 0.1) is 0 Å². The van der Waals surface area contributed by atoms with E-state index in [0.717, 1.165) is 0 Å². The van der Waals surface area contributed by atoms with E-state index in [1.165, 1.54) is 13.4 Å². The normalized spacial score (nSPS) is 9.00. The predicted octanol–water partition coefficient (Wildman–Crippen LogP) is -0.163. The molecule has 0 saturated heterocycles. The summed E-state index contributed by atoms with van der Waals surface area (Å²) in [7, 11) is 1.28. The van der Waals surface area contributed by atoms with Crippen molar-refractivity contribution in [1.29, 1.82) is 0 Å². The van der Waals surface area contributed by atoms with Crippen LogP contribution in [-0.2, 0) is 4.74 Å². The summed E-state index contributed by atoms with van der Waals surface area (Å²) in [4.78, 5) is 14.1. The molecule has 9 heavy (non-hydrogen) atoms. The Hall–Kier alpha value is -1.39. The number of methoxy groups -OCH3 is 1. The third-order valence-corrected chi connectivity index (χ3v) is 0.794. The molecule has 0 aliphatic carbocycles. The van der Waals surface area contributed by atoms with Gasteiger partial charge in [0.25, 0.3) is 0 Å². The fourth-order valence-corrected chi connectivity index (χ4v) is 0.401. The number of ether oxygens (including phenoxy) is 1. The number of aromatic amines is 1. The van der Waals surface area contributed by atoms with E-state index in [0.29, 0.717) is 0 Å². The molecule has 0 spiro atoms. The topological polar surface area (TPSA) is 67.9 Å². The summed E-state index contributed by atoms with van der Waals surface area (Å²) >= 11 is 0. The minimum absolute atomic E-state index is 0. The van der Waals surface area contributed by atoms with Crippen molar-refractivity contribution >= 4 is 5.97 Å². The summed E-state index contributed by atoms with van der Waals surface area (Å²) in [5, 5.41) is 5.81. The first-order chi connectivity index (χ1) is 4.34. The van der Waals surface area contributed by atoms with Gasteiger partial charge in [-0.05, 0) is 0 Å². The van der Waals surface area contributed by atoms with E-state index in [2.05, 4.69) is 19.9 Å². The molecule has 1 aromatic heterocycles. The van der Waals surface area contributed by atoms with Crippen LogP contribution in [0.2, 0.25) is 0 Å². The Balaban J connectivity index is 0.000000810. The van der Waals surface area contributed by atoms with Crippen molar-refractivity contribution in [3.05, 3.63) is 12.2 Å². The molecule has 0 unspecified atom stereocenters. The van der Waals surface area contributed by atoms with Crippen LogP contribution >= 0.6 is 0 Å². The van der Waals surface area contributed by atoms with E-state index in [-0.39, 0.29) is 7.25 Å². The molecule has 5 heteroatoms. The average Bonchev–Trinajstić information content (AvgIpc) is 2.37. The first kappa shape index (κ1) is 5.74.